The van der Waals surface area contributed by atoms with Gasteiger partial charge in [0, 0.05) is 12.6 Å². The Balaban J connectivity index is 2.02. The van der Waals surface area contributed by atoms with Crippen LogP contribution in [0.15, 0.2) is 0 Å². The summed E-state index contributed by atoms with van der Waals surface area (Å²) in [5.74, 6) is -0.916. The van der Waals surface area contributed by atoms with Gasteiger partial charge in [0.25, 0.3) is 0 Å². The molecule has 1 heterocycles. The number of carbonyl (C=O) groups is 1. The van der Waals surface area contributed by atoms with Crippen molar-refractivity contribution in [3.05, 3.63) is 16.8 Å². The molecule has 6 heteroatoms. The first-order valence-electron chi connectivity index (χ1n) is 6.41. The molecule has 0 amide bonds. The minimum absolute atomic E-state index is 0.111. The van der Waals surface area contributed by atoms with Gasteiger partial charge in [0.2, 0.25) is 5.88 Å². The molecule has 0 radical (unpaired) electrons. The molecule has 0 unspecified atom stereocenters. The molecule has 0 saturated heterocycles. The first kappa shape index (κ1) is 13.7. The lowest BCUT2D eigenvalue weighted by Crippen LogP contribution is -2.26. The Hall–Kier alpha value is -1.69. The Morgan fingerprint density at radius 2 is 2.11 bits per heavy atom. The van der Waals surface area contributed by atoms with E-state index in [-0.39, 0.29) is 11.4 Å². The number of aromatic carboxylic acids is 1. The summed E-state index contributed by atoms with van der Waals surface area (Å²) in [6.07, 6.45) is 2.47. The van der Waals surface area contributed by atoms with E-state index in [0.29, 0.717) is 23.9 Å². The average molecular weight is 265 g/mol. The molecule has 1 fully saturated rings. The molecule has 1 aliphatic rings. The van der Waals surface area contributed by atoms with Gasteiger partial charge in [-0.2, -0.15) is 5.10 Å². The predicted molar refractivity (Wildman–Crippen MR) is 69.6 cm³/mol. The van der Waals surface area contributed by atoms with E-state index in [1.165, 1.54) is 12.8 Å². The lowest BCUT2D eigenvalue weighted by Gasteiger charge is -2.16. The number of hydrogen-bond acceptors (Lipinski definition) is 5. The largest absolute Gasteiger partial charge is 0.477 e. The van der Waals surface area contributed by atoms with E-state index in [2.05, 4.69) is 15.1 Å². The number of rotatable bonds is 6. The third-order valence-corrected chi connectivity index (χ3v) is 3.49. The standard InChI is InChI=1S/C13H19N3O3/c1-8-9(2)14-15-12(11(8)13(17)18)19-7-6-16(3)10-4-5-10/h10H,4-7H2,1-3H3,(H,17,18). The second-order valence-corrected chi connectivity index (χ2v) is 4.96. The summed E-state index contributed by atoms with van der Waals surface area (Å²) >= 11 is 0. The molecule has 0 spiro atoms. The van der Waals surface area contributed by atoms with Gasteiger partial charge in [-0.3, -0.25) is 0 Å². The topological polar surface area (TPSA) is 75.6 Å². The van der Waals surface area contributed by atoms with Crippen molar-refractivity contribution >= 4 is 5.97 Å². The van der Waals surface area contributed by atoms with Crippen LogP contribution in [-0.4, -0.2) is 52.4 Å². The quantitative estimate of drug-likeness (QED) is 0.834. The van der Waals surface area contributed by atoms with Crippen molar-refractivity contribution in [3.63, 3.8) is 0 Å². The maximum absolute atomic E-state index is 11.3. The van der Waals surface area contributed by atoms with Crippen LogP contribution in [0, 0.1) is 13.8 Å². The Labute approximate surface area is 112 Å². The highest BCUT2D eigenvalue weighted by Crippen LogP contribution is 2.25. The molecule has 19 heavy (non-hydrogen) atoms. The average Bonchev–Trinajstić information content (AvgIpc) is 3.17. The molecule has 1 N–H and O–H groups in total. The van der Waals surface area contributed by atoms with E-state index in [1.54, 1.807) is 13.8 Å². The van der Waals surface area contributed by atoms with E-state index >= 15 is 0 Å². The fourth-order valence-electron chi connectivity index (χ4n) is 1.92. The number of hydrogen-bond donors (Lipinski definition) is 1. The van der Waals surface area contributed by atoms with Gasteiger partial charge in [-0.1, -0.05) is 0 Å². The Bertz CT molecular complexity index is 486. The Morgan fingerprint density at radius 1 is 1.42 bits per heavy atom. The van der Waals surface area contributed by atoms with Gasteiger partial charge >= 0.3 is 5.97 Å². The molecule has 1 aromatic heterocycles. The highest BCUT2D eigenvalue weighted by Gasteiger charge is 2.26. The molecule has 1 aliphatic carbocycles. The summed E-state index contributed by atoms with van der Waals surface area (Å²) < 4.78 is 5.49. The van der Waals surface area contributed by atoms with Crippen LogP contribution in [-0.2, 0) is 0 Å². The second kappa shape index (κ2) is 5.52. The summed E-state index contributed by atoms with van der Waals surface area (Å²) in [5, 5.41) is 17.0. The molecule has 6 nitrogen and oxygen atoms in total. The van der Waals surface area contributed by atoms with Crippen molar-refractivity contribution in [2.24, 2.45) is 0 Å². The first-order valence-corrected chi connectivity index (χ1v) is 6.41. The molecule has 1 saturated carbocycles. The minimum atomic E-state index is -1.03. The maximum Gasteiger partial charge on any atom is 0.341 e. The SMILES string of the molecule is Cc1nnc(OCCN(C)C2CC2)c(C(=O)O)c1C. The zero-order chi connectivity index (χ0) is 14.0. The van der Waals surface area contributed by atoms with Crippen molar-refractivity contribution in [2.45, 2.75) is 32.7 Å². The van der Waals surface area contributed by atoms with Crippen molar-refractivity contribution in [1.29, 1.82) is 0 Å². The highest BCUT2D eigenvalue weighted by molar-refractivity contribution is 5.91. The minimum Gasteiger partial charge on any atom is -0.477 e. The number of ether oxygens (including phenoxy) is 1. The lowest BCUT2D eigenvalue weighted by atomic mass is 10.1. The number of likely N-dealkylation sites (N-methyl/N-ethyl adjacent to an activating group) is 1. The van der Waals surface area contributed by atoms with Crippen LogP contribution in [0.3, 0.4) is 0 Å². The smallest absolute Gasteiger partial charge is 0.341 e. The summed E-state index contributed by atoms with van der Waals surface area (Å²) in [4.78, 5) is 13.5. The highest BCUT2D eigenvalue weighted by atomic mass is 16.5. The van der Waals surface area contributed by atoms with Crippen LogP contribution in [0.1, 0.15) is 34.5 Å². The van der Waals surface area contributed by atoms with Gasteiger partial charge in [-0.15, -0.1) is 5.10 Å². The van der Waals surface area contributed by atoms with E-state index < -0.39 is 5.97 Å². The van der Waals surface area contributed by atoms with E-state index in [4.69, 9.17) is 4.74 Å². The number of aromatic nitrogens is 2. The second-order valence-electron chi connectivity index (χ2n) is 4.96. The Morgan fingerprint density at radius 3 is 2.68 bits per heavy atom. The molecule has 0 aromatic carbocycles. The zero-order valence-corrected chi connectivity index (χ0v) is 11.5. The zero-order valence-electron chi connectivity index (χ0n) is 11.5. The Kier molecular flexibility index (Phi) is 3.99. The summed E-state index contributed by atoms with van der Waals surface area (Å²) in [6, 6.07) is 0.661. The lowest BCUT2D eigenvalue weighted by molar-refractivity contribution is 0.0689. The number of carboxylic acids is 1. The number of nitrogens with zero attached hydrogens (tertiary/aromatic N) is 3. The summed E-state index contributed by atoms with van der Waals surface area (Å²) in [7, 11) is 2.05. The van der Waals surface area contributed by atoms with Crippen LogP contribution in [0.2, 0.25) is 0 Å². The molecule has 0 atom stereocenters. The van der Waals surface area contributed by atoms with Crippen LogP contribution in [0.5, 0.6) is 5.88 Å². The van der Waals surface area contributed by atoms with Gasteiger partial charge < -0.3 is 14.7 Å². The molecule has 0 bridgehead atoms. The maximum atomic E-state index is 11.3. The molecular formula is C13H19N3O3. The van der Waals surface area contributed by atoms with E-state index in [0.717, 1.165) is 6.54 Å². The van der Waals surface area contributed by atoms with Crippen molar-refractivity contribution in [1.82, 2.24) is 15.1 Å². The van der Waals surface area contributed by atoms with Crippen molar-refractivity contribution in [3.8, 4) is 5.88 Å². The van der Waals surface area contributed by atoms with Gasteiger partial charge in [0.05, 0.1) is 5.69 Å². The van der Waals surface area contributed by atoms with Crippen LogP contribution in [0.4, 0.5) is 0 Å². The van der Waals surface area contributed by atoms with Crippen molar-refractivity contribution < 1.29 is 14.6 Å². The summed E-state index contributed by atoms with van der Waals surface area (Å²) in [6.45, 7) is 4.64. The van der Waals surface area contributed by atoms with Crippen LogP contribution < -0.4 is 4.74 Å². The van der Waals surface area contributed by atoms with Crippen LogP contribution >= 0.6 is 0 Å². The molecular weight excluding hydrogens is 246 g/mol. The van der Waals surface area contributed by atoms with E-state index in [9.17, 15) is 9.90 Å². The predicted octanol–water partition coefficient (Wildman–Crippen LogP) is 1.26. The third kappa shape index (κ3) is 3.20. The first-order chi connectivity index (χ1) is 9.00. The normalized spacial score (nSPS) is 14.7. The van der Waals surface area contributed by atoms with Gasteiger partial charge in [0.15, 0.2) is 0 Å². The van der Waals surface area contributed by atoms with Gasteiger partial charge in [0.1, 0.15) is 12.2 Å². The fraction of sp³-hybridized carbons (Fsp3) is 0.615. The fourth-order valence-corrected chi connectivity index (χ4v) is 1.92. The van der Waals surface area contributed by atoms with Gasteiger partial charge in [-0.05, 0) is 39.3 Å². The van der Waals surface area contributed by atoms with E-state index in [1.807, 2.05) is 7.05 Å². The number of aryl methyl sites for hydroxylation is 1. The molecule has 104 valence electrons. The van der Waals surface area contributed by atoms with Crippen molar-refractivity contribution in [2.75, 3.05) is 20.2 Å². The monoisotopic (exact) mass is 265 g/mol. The summed E-state index contributed by atoms with van der Waals surface area (Å²) in [5.41, 5.74) is 1.33. The third-order valence-electron chi connectivity index (χ3n) is 3.49. The van der Waals surface area contributed by atoms with Gasteiger partial charge in [-0.25, -0.2) is 4.79 Å². The number of carboxylic acid groups (broad SMARTS) is 1. The molecule has 1 aromatic rings. The molecule has 0 aliphatic heterocycles. The van der Waals surface area contributed by atoms with Crippen LogP contribution in [0.25, 0.3) is 0 Å². The molecule has 2 rings (SSSR count).